The van der Waals surface area contributed by atoms with Gasteiger partial charge in [-0.2, -0.15) is 0 Å². The molecule has 19 heavy (non-hydrogen) atoms. The summed E-state index contributed by atoms with van der Waals surface area (Å²) in [7, 11) is 0. The van der Waals surface area contributed by atoms with Gasteiger partial charge in [-0.25, -0.2) is 9.18 Å². The lowest BCUT2D eigenvalue weighted by atomic mass is 10.0. The molecular formula is C13H15FN2O3. The topological polar surface area (TPSA) is 60.9 Å². The summed E-state index contributed by atoms with van der Waals surface area (Å²) in [4.78, 5) is 25.6. The summed E-state index contributed by atoms with van der Waals surface area (Å²) in [5, 5.41) is 8.78. The molecule has 5 nitrogen and oxygen atoms in total. The number of carboxylic acid groups (broad SMARTS) is 1. The van der Waals surface area contributed by atoms with Crippen molar-refractivity contribution < 1.29 is 19.1 Å². The number of benzene rings is 1. The molecular weight excluding hydrogens is 251 g/mol. The number of carboxylic acids is 1. The average molecular weight is 266 g/mol. The maximum Gasteiger partial charge on any atom is 0.324 e. The van der Waals surface area contributed by atoms with E-state index < -0.39 is 17.7 Å². The van der Waals surface area contributed by atoms with Crippen LogP contribution in [0.5, 0.6) is 0 Å². The molecule has 0 saturated carbocycles. The van der Waals surface area contributed by atoms with Crippen molar-refractivity contribution in [3.05, 3.63) is 30.1 Å². The van der Waals surface area contributed by atoms with Crippen molar-refractivity contribution in [2.24, 2.45) is 5.92 Å². The first-order valence-corrected chi connectivity index (χ1v) is 6.08. The molecule has 1 saturated heterocycles. The van der Waals surface area contributed by atoms with Gasteiger partial charge in [0.05, 0.1) is 11.6 Å². The number of hydrogen-bond donors (Lipinski definition) is 1. The predicted molar refractivity (Wildman–Crippen MR) is 67.5 cm³/mol. The lowest BCUT2D eigenvalue weighted by molar-refractivity contribution is -0.146. The van der Waals surface area contributed by atoms with E-state index in [2.05, 4.69) is 0 Å². The van der Waals surface area contributed by atoms with Crippen molar-refractivity contribution in [3.63, 3.8) is 0 Å². The molecule has 1 aliphatic heterocycles. The Morgan fingerprint density at radius 1 is 1.42 bits per heavy atom. The Balaban J connectivity index is 2.09. The maximum atomic E-state index is 13.7. The molecule has 1 aromatic carbocycles. The molecule has 2 amide bonds. The quantitative estimate of drug-likeness (QED) is 0.907. The number of aliphatic carboxylic acids is 1. The fourth-order valence-electron chi connectivity index (χ4n) is 2.04. The van der Waals surface area contributed by atoms with Crippen LogP contribution in [0.1, 0.15) is 6.92 Å². The van der Waals surface area contributed by atoms with E-state index in [-0.39, 0.29) is 24.8 Å². The highest BCUT2D eigenvalue weighted by molar-refractivity contribution is 5.93. The van der Waals surface area contributed by atoms with E-state index in [0.29, 0.717) is 6.54 Å². The summed E-state index contributed by atoms with van der Waals surface area (Å²) in [6.45, 7) is 2.44. The van der Waals surface area contributed by atoms with Gasteiger partial charge in [0.25, 0.3) is 0 Å². The summed E-state index contributed by atoms with van der Waals surface area (Å²) in [5.41, 5.74) is 0.216. The molecule has 102 valence electrons. The normalized spacial score (nSPS) is 14.9. The summed E-state index contributed by atoms with van der Waals surface area (Å²) >= 11 is 0. The van der Waals surface area contributed by atoms with Crippen LogP contribution in [0.2, 0.25) is 0 Å². The van der Waals surface area contributed by atoms with Crippen LogP contribution < -0.4 is 4.90 Å². The van der Waals surface area contributed by atoms with E-state index in [9.17, 15) is 14.0 Å². The Bertz CT molecular complexity index is 500. The fraction of sp³-hybridized carbons (Fsp3) is 0.385. The van der Waals surface area contributed by atoms with E-state index in [1.54, 1.807) is 19.1 Å². The van der Waals surface area contributed by atoms with Gasteiger partial charge in [-0.05, 0) is 19.1 Å². The highest BCUT2D eigenvalue weighted by atomic mass is 19.1. The molecule has 1 aromatic rings. The van der Waals surface area contributed by atoms with E-state index in [1.165, 1.54) is 21.9 Å². The zero-order chi connectivity index (χ0) is 14.0. The molecule has 1 heterocycles. The Hall–Kier alpha value is -2.11. The van der Waals surface area contributed by atoms with Crippen LogP contribution in [0.25, 0.3) is 0 Å². The molecule has 0 bridgehead atoms. The number of urea groups is 1. The number of para-hydroxylation sites is 1. The molecule has 0 unspecified atom stereocenters. The standard InChI is InChI=1S/C13H15FN2O3/c1-2-16(11-6-4-3-5-10(11)14)13(19)15-7-9(8-15)12(17)18/h3-6,9H,2,7-8H2,1H3,(H,17,18). The van der Waals surface area contributed by atoms with Gasteiger partial charge in [0.15, 0.2) is 0 Å². The largest absolute Gasteiger partial charge is 0.481 e. The van der Waals surface area contributed by atoms with Crippen molar-refractivity contribution in [1.82, 2.24) is 4.90 Å². The van der Waals surface area contributed by atoms with Gasteiger partial charge in [0, 0.05) is 19.6 Å². The zero-order valence-electron chi connectivity index (χ0n) is 10.5. The monoisotopic (exact) mass is 266 g/mol. The third-order valence-electron chi connectivity index (χ3n) is 3.19. The number of rotatable bonds is 3. The van der Waals surface area contributed by atoms with E-state index in [1.807, 2.05) is 0 Å². The molecule has 1 N–H and O–H groups in total. The second-order valence-corrected chi connectivity index (χ2v) is 4.42. The van der Waals surface area contributed by atoms with Crippen molar-refractivity contribution >= 4 is 17.7 Å². The predicted octanol–water partition coefficient (Wildman–Crippen LogP) is 1.79. The van der Waals surface area contributed by atoms with Crippen LogP contribution >= 0.6 is 0 Å². The van der Waals surface area contributed by atoms with Crippen LogP contribution in [-0.2, 0) is 4.79 Å². The minimum atomic E-state index is -0.905. The number of carbonyl (C=O) groups excluding carboxylic acids is 1. The Morgan fingerprint density at radius 3 is 2.58 bits per heavy atom. The maximum absolute atomic E-state index is 13.7. The van der Waals surface area contributed by atoms with Crippen LogP contribution in [-0.4, -0.2) is 41.6 Å². The lowest BCUT2D eigenvalue weighted by Crippen LogP contribution is -2.57. The summed E-state index contributed by atoms with van der Waals surface area (Å²) in [6, 6.07) is 5.68. The number of carbonyl (C=O) groups is 2. The average Bonchev–Trinajstić information content (AvgIpc) is 2.30. The van der Waals surface area contributed by atoms with E-state index >= 15 is 0 Å². The molecule has 1 fully saturated rings. The van der Waals surface area contributed by atoms with Crippen LogP contribution in [0.3, 0.4) is 0 Å². The molecule has 2 rings (SSSR count). The molecule has 6 heteroatoms. The Kier molecular flexibility index (Phi) is 3.69. The summed E-state index contributed by atoms with van der Waals surface area (Å²) in [5.74, 6) is -1.88. The Morgan fingerprint density at radius 2 is 2.05 bits per heavy atom. The number of halogens is 1. The van der Waals surface area contributed by atoms with Gasteiger partial charge in [0.2, 0.25) is 0 Å². The molecule has 0 atom stereocenters. The number of nitrogens with zero attached hydrogens (tertiary/aromatic N) is 2. The van der Waals surface area contributed by atoms with E-state index in [0.717, 1.165) is 0 Å². The van der Waals surface area contributed by atoms with Gasteiger partial charge >= 0.3 is 12.0 Å². The number of likely N-dealkylation sites (tertiary alicyclic amines) is 1. The molecule has 0 radical (unpaired) electrons. The van der Waals surface area contributed by atoms with Gasteiger partial charge < -0.3 is 10.0 Å². The van der Waals surface area contributed by atoms with E-state index in [4.69, 9.17) is 5.11 Å². The third kappa shape index (κ3) is 2.52. The smallest absolute Gasteiger partial charge is 0.324 e. The first-order valence-electron chi connectivity index (χ1n) is 6.08. The van der Waals surface area contributed by atoms with Crippen molar-refractivity contribution in [2.75, 3.05) is 24.5 Å². The number of hydrogen-bond acceptors (Lipinski definition) is 2. The first kappa shape index (κ1) is 13.3. The van der Waals surface area contributed by atoms with Crippen molar-refractivity contribution in [2.45, 2.75) is 6.92 Å². The highest BCUT2D eigenvalue weighted by Gasteiger charge is 2.37. The number of anilines is 1. The SMILES string of the molecule is CCN(C(=O)N1CC(C(=O)O)C1)c1ccccc1F. The zero-order valence-corrected chi connectivity index (χ0v) is 10.5. The molecule has 1 aliphatic rings. The second kappa shape index (κ2) is 5.26. The van der Waals surface area contributed by atoms with Gasteiger partial charge in [-0.15, -0.1) is 0 Å². The molecule has 0 aliphatic carbocycles. The fourth-order valence-corrected chi connectivity index (χ4v) is 2.04. The minimum absolute atomic E-state index is 0.180. The van der Waals surface area contributed by atoms with Crippen LogP contribution in [0.4, 0.5) is 14.9 Å². The second-order valence-electron chi connectivity index (χ2n) is 4.42. The molecule has 0 spiro atoms. The Labute approximate surface area is 110 Å². The lowest BCUT2D eigenvalue weighted by Gasteiger charge is -2.39. The van der Waals surface area contributed by atoms with Crippen LogP contribution in [0.15, 0.2) is 24.3 Å². The minimum Gasteiger partial charge on any atom is -0.481 e. The van der Waals surface area contributed by atoms with Crippen LogP contribution in [0, 0.1) is 11.7 Å². The van der Waals surface area contributed by atoms with Crippen molar-refractivity contribution in [1.29, 1.82) is 0 Å². The van der Waals surface area contributed by atoms with Gasteiger partial charge in [-0.3, -0.25) is 9.69 Å². The first-order chi connectivity index (χ1) is 9.04. The number of amides is 2. The summed E-state index contributed by atoms with van der Waals surface area (Å²) < 4.78 is 13.7. The molecule has 0 aromatic heterocycles. The highest BCUT2D eigenvalue weighted by Crippen LogP contribution is 2.23. The van der Waals surface area contributed by atoms with Gasteiger partial charge in [-0.1, -0.05) is 12.1 Å². The van der Waals surface area contributed by atoms with Gasteiger partial charge in [0.1, 0.15) is 5.82 Å². The third-order valence-corrected chi connectivity index (χ3v) is 3.19. The van der Waals surface area contributed by atoms with Crippen molar-refractivity contribution in [3.8, 4) is 0 Å². The summed E-state index contributed by atoms with van der Waals surface area (Å²) in [6.07, 6.45) is 0.